The number of halogens is 2. The molecule has 0 atom stereocenters. The summed E-state index contributed by atoms with van der Waals surface area (Å²) >= 11 is 5.83. The van der Waals surface area contributed by atoms with Gasteiger partial charge in [0.2, 0.25) is 15.7 Å². The maximum absolute atomic E-state index is 14.3. The number of allylic oxidation sites excluding steroid dienone is 1. The average molecular weight is 496 g/mol. The van der Waals surface area contributed by atoms with Crippen molar-refractivity contribution in [3.05, 3.63) is 104 Å². The van der Waals surface area contributed by atoms with E-state index in [0.29, 0.717) is 10.6 Å². The molecule has 4 aromatic rings. The maximum atomic E-state index is 14.3. The Bertz CT molecular complexity index is 1660. The fourth-order valence-electron chi connectivity index (χ4n) is 3.17. The van der Waals surface area contributed by atoms with Crippen molar-refractivity contribution < 1.29 is 17.5 Å². The fraction of sp³-hybridized carbons (Fsp3) is 0.0417. The smallest absolute Gasteiger partial charge is 0.269 e. The molecule has 0 radical (unpaired) electrons. The minimum absolute atomic E-state index is 0.189. The van der Waals surface area contributed by atoms with Crippen LogP contribution < -0.4 is 10.3 Å². The Hall–Kier alpha value is -4.00. The molecule has 2 aromatic carbocycles. The van der Waals surface area contributed by atoms with Crippen molar-refractivity contribution in [1.29, 1.82) is 5.26 Å². The van der Waals surface area contributed by atoms with E-state index < -0.39 is 26.1 Å². The van der Waals surface area contributed by atoms with Gasteiger partial charge in [-0.25, -0.2) is 12.8 Å². The van der Waals surface area contributed by atoms with Crippen molar-refractivity contribution in [2.45, 2.75) is 11.8 Å². The van der Waals surface area contributed by atoms with Gasteiger partial charge in [0.05, 0.1) is 4.90 Å². The molecule has 2 aromatic heterocycles. The molecule has 0 bridgehead atoms. The molecule has 0 aliphatic rings. The monoisotopic (exact) mass is 495 g/mol. The van der Waals surface area contributed by atoms with E-state index in [1.807, 2.05) is 0 Å². The Morgan fingerprint density at radius 2 is 1.85 bits per heavy atom. The molecule has 0 aliphatic carbocycles. The van der Waals surface area contributed by atoms with Gasteiger partial charge in [-0.1, -0.05) is 29.8 Å². The molecule has 0 saturated heterocycles. The first-order chi connectivity index (χ1) is 16.2. The zero-order valence-electron chi connectivity index (χ0n) is 17.6. The number of aryl methyl sites for hydroxylation is 1. The van der Waals surface area contributed by atoms with E-state index in [1.54, 1.807) is 25.1 Å². The van der Waals surface area contributed by atoms with E-state index in [4.69, 9.17) is 16.3 Å². The number of fused-ring (bicyclic) bond motifs is 1. The highest BCUT2D eigenvalue weighted by Gasteiger charge is 2.24. The van der Waals surface area contributed by atoms with E-state index in [0.717, 1.165) is 12.1 Å². The number of ether oxygens (including phenoxy) is 1. The Balaban J connectivity index is 1.98. The number of pyridine rings is 1. The molecule has 0 saturated carbocycles. The Labute approximate surface area is 198 Å². The SMILES string of the molecule is Cc1cccn2c(=O)c(C=C(C#N)S(=O)(=O)c3ccc(Cl)cc3)c(Oc3ccccc3F)nc12. The minimum Gasteiger partial charge on any atom is -0.435 e. The Morgan fingerprint density at radius 1 is 1.15 bits per heavy atom. The molecular formula is C24H15ClFN3O4S. The van der Waals surface area contributed by atoms with Gasteiger partial charge in [0, 0.05) is 11.2 Å². The predicted molar refractivity (Wildman–Crippen MR) is 125 cm³/mol. The minimum atomic E-state index is -4.31. The van der Waals surface area contributed by atoms with Crippen molar-refractivity contribution in [3.63, 3.8) is 0 Å². The van der Waals surface area contributed by atoms with E-state index in [-0.39, 0.29) is 27.7 Å². The third-order valence-electron chi connectivity index (χ3n) is 4.89. The number of nitriles is 1. The van der Waals surface area contributed by atoms with Crippen LogP contribution in [0.15, 0.2) is 81.5 Å². The lowest BCUT2D eigenvalue weighted by molar-refractivity contribution is 0.426. The number of nitrogens with zero attached hydrogens (tertiary/aromatic N) is 3. The van der Waals surface area contributed by atoms with Crippen molar-refractivity contribution in [2.75, 3.05) is 0 Å². The summed E-state index contributed by atoms with van der Waals surface area (Å²) in [5.41, 5.74) is -0.169. The normalized spacial score (nSPS) is 11.9. The fourth-order valence-corrected chi connectivity index (χ4v) is 4.43. The largest absolute Gasteiger partial charge is 0.435 e. The van der Waals surface area contributed by atoms with E-state index in [9.17, 15) is 22.9 Å². The van der Waals surface area contributed by atoms with Crippen LogP contribution in [0.3, 0.4) is 0 Å². The lowest BCUT2D eigenvalue weighted by atomic mass is 10.2. The number of hydrogen-bond donors (Lipinski definition) is 0. The average Bonchev–Trinajstić information content (AvgIpc) is 2.81. The van der Waals surface area contributed by atoms with Gasteiger partial charge < -0.3 is 4.74 Å². The Morgan fingerprint density at radius 3 is 2.53 bits per heavy atom. The molecule has 0 fully saturated rings. The Kier molecular flexibility index (Phi) is 6.20. The molecule has 10 heteroatoms. The molecular weight excluding hydrogens is 481 g/mol. The summed E-state index contributed by atoms with van der Waals surface area (Å²) < 4.78 is 47.2. The van der Waals surface area contributed by atoms with Crippen LogP contribution in [0.2, 0.25) is 5.02 Å². The predicted octanol–water partition coefficient (Wildman–Crippen LogP) is 4.93. The third-order valence-corrected chi connectivity index (χ3v) is 6.82. The second-order valence-corrected chi connectivity index (χ2v) is 9.49. The number of benzene rings is 2. The lowest BCUT2D eigenvalue weighted by Gasteiger charge is -2.12. The zero-order chi connectivity index (χ0) is 24.5. The first kappa shape index (κ1) is 23.2. The summed E-state index contributed by atoms with van der Waals surface area (Å²) in [6, 6.07) is 15.7. The lowest BCUT2D eigenvalue weighted by Crippen LogP contribution is -2.20. The first-order valence-corrected chi connectivity index (χ1v) is 11.7. The van der Waals surface area contributed by atoms with Crippen LogP contribution in [0, 0.1) is 24.1 Å². The van der Waals surface area contributed by atoms with Crippen LogP contribution in [0.25, 0.3) is 11.7 Å². The first-order valence-electron chi connectivity index (χ1n) is 9.79. The van der Waals surface area contributed by atoms with Gasteiger partial charge in [0.1, 0.15) is 22.2 Å². The van der Waals surface area contributed by atoms with Gasteiger partial charge >= 0.3 is 0 Å². The highest BCUT2D eigenvalue weighted by molar-refractivity contribution is 7.95. The quantitative estimate of drug-likeness (QED) is 0.364. The van der Waals surface area contributed by atoms with Crippen LogP contribution in [0.5, 0.6) is 11.6 Å². The van der Waals surface area contributed by atoms with Crippen LogP contribution in [0.1, 0.15) is 11.1 Å². The van der Waals surface area contributed by atoms with Crippen molar-refractivity contribution in [1.82, 2.24) is 9.38 Å². The van der Waals surface area contributed by atoms with Crippen LogP contribution in [-0.4, -0.2) is 17.8 Å². The topological polar surface area (TPSA) is 102 Å². The number of aromatic nitrogens is 2. The molecule has 7 nitrogen and oxygen atoms in total. The van der Waals surface area contributed by atoms with Crippen LogP contribution in [0.4, 0.5) is 4.39 Å². The standard InChI is InChI=1S/C24H15ClFN3O4S/c1-15-5-4-12-29-22(15)28-23(33-21-7-3-2-6-20(21)26)19(24(29)30)13-18(14-27)34(31,32)17-10-8-16(25)9-11-17/h2-13H,1H3. The molecule has 4 rings (SSSR count). The molecule has 0 N–H and O–H groups in total. The second kappa shape index (κ2) is 9.09. The second-order valence-electron chi connectivity index (χ2n) is 7.13. The summed E-state index contributed by atoms with van der Waals surface area (Å²) in [6.45, 7) is 1.72. The molecule has 2 heterocycles. The number of para-hydroxylation sites is 1. The van der Waals surface area contributed by atoms with Crippen LogP contribution in [-0.2, 0) is 9.84 Å². The summed E-state index contributed by atoms with van der Waals surface area (Å²) in [6.07, 6.45) is 2.33. The molecule has 0 amide bonds. The van der Waals surface area contributed by atoms with Gasteiger partial charge in [-0.2, -0.15) is 10.2 Å². The maximum Gasteiger partial charge on any atom is 0.269 e. The number of sulfone groups is 1. The zero-order valence-corrected chi connectivity index (χ0v) is 19.1. The highest BCUT2D eigenvalue weighted by atomic mass is 35.5. The summed E-state index contributed by atoms with van der Waals surface area (Å²) in [4.78, 5) is 16.7. The van der Waals surface area contributed by atoms with Crippen molar-refractivity contribution in [3.8, 4) is 17.7 Å². The molecule has 170 valence electrons. The van der Waals surface area contributed by atoms with E-state index in [2.05, 4.69) is 4.98 Å². The van der Waals surface area contributed by atoms with E-state index in [1.165, 1.54) is 53.1 Å². The van der Waals surface area contributed by atoms with Crippen molar-refractivity contribution in [2.24, 2.45) is 0 Å². The summed E-state index contributed by atoms with van der Waals surface area (Å²) in [5, 5.41) is 9.97. The number of hydrogen-bond acceptors (Lipinski definition) is 6. The van der Waals surface area contributed by atoms with Crippen LogP contribution >= 0.6 is 11.6 Å². The number of rotatable bonds is 5. The van der Waals surface area contributed by atoms with Gasteiger partial charge in [0.25, 0.3) is 5.56 Å². The van der Waals surface area contributed by atoms with E-state index >= 15 is 0 Å². The highest BCUT2D eigenvalue weighted by Crippen LogP contribution is 2.28. The molecule has 0 aliphatic heterocycles. The molecule has 0 unspecified atom stereocenters. The van der Waals surface area contributed by atoms with Crippen molar-refractivity contribution >= 4 is 33.2 Å². The molecule has 0 spiro atoms. The van der Waals surface area contributed by atoms with Gasteiger partial charge in [-0.3, -0.25) is 9.20 Å². The van der Waals surface area contributed by atoms with Gasteiger partial charge in [-0.15, -0.1) is 0 Å². The summed E-state index contributed by atoms with van der Waals surface area (Å²) in [5.74, 6) is -1.27. The summed E-state index contributed by atoms with van der Waals surface area (Å²) in [7, 11) is -4.31. The molecule has 34 heavy (non-hydrogen) atoms. The third kappa shape index (κ3) is 4.29. The van der Waals surface area contributed by atoms with Gasteiger partial charge in [-0.05, 0) is 61.0 Å². The van der Waals surface area contributed by atoms with Gasteiger partial charge in [0.15, 0.2) is 11.6 Å².